The molecule has 1 aromatic carbocycles. The fourth-order valence-corrected chi connectivity index (χ4v) is 2.54. The summed E-state index contributed by atoms with van der Waals surface area (Å²) in [6, 6.07) is 2.69. The summed E-state index contributed by atoms with van der Waals surface area (Å²) in [7, 11) is 0. The van der Waals surface area contributed by atoms with Gasteiger partial charge in [-0.05, 0) is 46.5 Å². The van der Waals surface area contributed by atoms with Crippen LogP contribution in [0.4, 0.5) is 8.78 Å². The van der Waals surface area contributed by atoms with E-state index in [-0.39, 0.29) is 4.47 Å². The molecule has 0 amide bonds. The molecule has 2 rings (SSSR count). The van der Waals surface area contributed by atoms with Crippen LogP contribution in [0.3, 0.4) is 0 Å². The predicted octanol–water partition coefficient (Wildman–Crippen LogP) is 3.85. The number of hydrogen-bond donors (Lipinski definition) is 1. The van der Waals surface area contributed by atoms with Crippen LogP contribution in [0.15, 0.2) is 16.6 Å². The molecule has 1 fully saturated rings. The summed E-state index contributed by atoms with van der Waals surface area (Å²) < 4.78 is 26.7. The van der Waals surface area contributed by atoms with Gasteiger partial charge in [0.05, 0.1) is 4.47 Å². The average Bonchev–Trinajstić information content (AvgIpc) is 2.26. The van der Waals surface area contributed by atoms with Gasteiger partial charge in [-0.3, -0.25) is 0 Å². The molecule has 4 heteroatoms. The van der Waals surface area contributed by atoms with Gasteiger partial charge in [-0.2, -0.15) is 0 Å². The summed E-state index contributed by atoms with van der Waals surface area (Å²) in [6.07, 6.45) is 4.80. The minimum absolute atomic E-state index is 0.115. The summed E-state index contributed by atoms with van der Waals surface area (Å²) in [5.41, 5.74) is 6.24. The van der Waals surface area contributed by atoms with Crippen LogP contribution >= 0.6 is 15.9 Å². The first kappa shape index (κ1) is 12.0. The fraction of sp³-hybridized carbons (Fsp3) is 0.500. The number of nitrogens with two attached hydrogens (primary N) is 1. The zero-order valence-corrected chi connectivity index (χ0v) is 10.5. The van der Waals surface area contributed by atoms with E-state index in [1.54, 1.807) is 0 Å². The molecule has 0 saturated heterocycles. The first-order valence-electron chi connectivity index (χ1n) is 5.47. The van der Waals surface area contributed by atoms with Crippen molar-refractivity contribution in [1.29, 1.82) is 0 Å². The lowest BCUT2D eigenvalue weighted by molar-refractivity contribution is 0.300. The van der Waals surface area contributed by atoms with E-state index in [1.807, 2.05) is 0 Å². The standard InChI is InChI=1S/C12H14BrF2N/c13-11-9(14)6-8(7-10(11)15)12(16)4-2-1-3-5-12/h6-7H,1-5,16H2. The van der Waals surface area contributed by atoms with Gasteiger partial charge in [0.1, 0.15) is 11.6 Å². The van der Waals surface area contributed by atoms with Crippen molar-refractivity contribution in [1.82, 2.24) is 0 Å². The average molecular weight is 290 g/mol. The van der Waals surface area contributed by atoms with Crippen LogP contribution in [0.5, 0.6) is 0 Å². The molecule has 0 heterocycles. The third kappa shape index (κ3) is 2.13. The Hall–Kier alpha value is -0.480. The molecule has 1 saturated carbocycles. The second-order valence-electron chi connectivity index (χ2n) is 4.47. The van der Waals surface area contributed by atoms with Gasteiger partial charge in [-0.25, -0.2) is 8.78 Å². The molecule has 2 N–H and O–H groups in total. The Labute approximate surface area is 102 Å². The van der Waals surface area contributed by atoms with Crippen LogP contribution in [-0.4, -0.2) is 0 Å². The van der Waals surface area contributed by atoms with Crippen molar-refractivity contribution in [2.45, 2.75) is 37.6 Å². The highest BCUT2D eigenvalue weighted by molar-refractivity contribution is 9.10. The van der Waals surface area contributed by atoms with Gasteiger partial charge in [-0.15, -0.1) is 0 Å². The maximum atomic E-state index is 13.4. The lowest BCUT2D eigenvalue weighted by atomic mass is 9.77. The minimum atomic E-state index is -0.578. The summed E-state index contributed by atoms with van der Waals surface area (Å²) in [4.78, 5) is 0. The molecule has 0 aliphatic heterocycles. The van der Waals surface area contributed by atoms with E-state index in [0.29, 0.717) is 5.56 Å². The summed E-state index contributed by atoms with van der Waals surface area (Å²) in [6.45, 7) is 0. The molecule has 1 aliphatic rings. The van der Waals surface area contributed by atoms with Crippen molar-refractivity contribution < 1.29 is 8.78 Å². The Kier molecular flexibility index (Phi) is 3.31. The molecular formula is C12H14BrF2N. The molecule has 0 radical (unpaired) electrons. The Morgan fingerprint density at radius 1 is 1.06 bits per heavy atom. The van der Waals surface area contributed by atoms with E-state index in [9.17, 15) is 8.78 Å². The van der Waals surface area contributed by atoms with Crippen LogP contribution in [0, 0.1) is 11.6 Å². The Morgan fingerprint density at radius 2 is 1.56 bits per heavy atom. The summed E-state index contributed by atoms with van der Waals surface area (Å²) in [5, 5.41) is 0. The molecule has 0 spiro atoms. The van der Waals surface area contributed by atoms with Gasteiger partial charge in [0.25, 0.3) is 0 Å². The monoisotopic (exact) mass is 289 g/mol. The first-order chi connectivity index (χ1) is 7.53. The molecule has 0 atom stereocenters. The lowest BCUT2D eigenvalue weighted by Crippen LogP contribution is -2.38. The van der Waals surface area contributed by atoms with E-state index in [1.165, 1.54) is 12.1 Å². The SMILES string of the molecule is NC1(c2cc(F)c(Br)c(F)c2)CCCCC1. The van der Waals surface area contributed by atoms with Crippen molar-refractivity contribution in [2.75, 3.05) is 0 Å². The molecule has 16 heavy (non-hydrogen) atoms. The Bertz CT molecular complexity index is 377. The number of benzene rings is 1. The van der Waals surface area contributed by atoms with Crippen molar-refractivity contribution in [3.8, 4) is 0 Å². The third-order valence-corrected chi connectivity index (χ3v) is 4.06. The smallest absolute Gasteiger partial charge is 0.140 e. The van der Waals surface area contributed by atoms with Crippen LogP contribution in [0.2, 0.25) is 0 Å². The highest BCUT2D eigenvalue weighted by Gasteiger charge is 2.30. The highest BCUT2D eigenvalue weighted by Crippen LogP contribution is 2.36. The number of rotatable bonds is 1. The molecule has 1 aromatic rings. The van der Waals surface area contributed by atoms with E-state index in [4.69, 9.17) is 5.73 Å². The molecule has 1 aliphatic carbocycles. The van der Waals surface area contributed by atoms with E-state index in [0.717, 1.165) is 32.1 Å². The van der Waals surface area contributed by atoms with Crippen molar-refractivity contribution in [3.63, 3.8) is 0 Å². The van der Waals surface area contributed by atoms with Gasteiger partial charge in [0, 0.05) is 5.54 Å². The zero-order chi connectivity index (χ0) is 11.8. The lowest BCUT2D eigenvalue weighted by Gasteiger charge is -2.34. The minimum Gasteiger partial charge on any atom is -0.321 e. The first-order valence-corrected chi connectivity index (χ1v) is 6.26. The number of halogens is 3. The Balaban J connectivity index is 2.39. The van der Waals surface area contributed by atoms with Gasteiger partial charge in [-0.1, -0.05) is 19.3 Å². The van der Waals surface area contributed by atoms with E-state index < -0.39 is 17.2 Å². The zero-order valence-electron chi connectivity index (χ0n) is 8.90. The van der Waals surface area contributed by atoms with Crippen molar-refractivity contribution in [3.05, 3.63) is 33.8 Å². The molecule has 1 nitrogen and oxygen atoms in total. The van der Waals surface area contributed by atoms with Gasteiger partial charge < -0.3 is 5.73 Å². The van der Waals surface area contributed by atoms with Crippen LogP contribution in [0.25, 0.3) is 0 Å². The fourth-order valence-electron chi connectivity index (χ4n) is 2.31. The summed E-state index contributed by atoms with van der Waals surface area (Å²) in [5.74, 6) is -1.16. The van der Waals surface area contributed by atoms with Crippen LogP contribution in [-0.2, 0) is 5.54 Å². The normalized spacial score (nSPS) is 19.8. The molecule has 88 valence electrons. The quantitative estimate of drug-likeness (QED) is 0.781. The molecule has 0 bridgehead atoms. The van der Waals surface area contributed by atoms with E-state index >= 15 is 0 Å². The second kappa shape index (κ2) is 4.41. The van der Waals surface area contributed by atoms with Gasteiger partial charge in [0.15, 0.2) is 0 Å². The number of hydrogen-bond acceptors (Lipinski definition) is 1. The topological polar surface area (TPSA) is 26.0 Å². The van der Waals surface area contributed by atoms with Gasteiger partial charge in [0.2, 0.25) is 0 Å². The third-order valence-electron chi connectivity index (χ3n) is 3.30. The van der Waals surface area contributed by atoms with Crippen molar-refractivity contribution >= 4 is 15.9 Å². The largest absolute Gasteiger partial charge is 0.321 e. The van der Waals surface area contributed by atoms with Crippen molar-refractivity contribution in [2.24, 2.45) is 5.73 Å². The predicted molar refractivity (Wildman–Crippen MR) is 63.0 cm³/mol. The molecule has 0 aromatic heterocycles. The second-order valence-corrected chi connectivity index (χ2v) is 5.26. The van der Waals surface area contributed by atoms with Crippen LogP contribution < -0.4 is 5.73 Å². The van der Waals surface area contributed by atoms with Crippen LogP contribution in [0.1, 0.15) is 37.7 Å². The van der Waals surface area contributed by atoms with E-state index in [2.05, 4.69) is 15.9 Å². The maximum Gasteiger partial charge on any atom is 0.140 e. The summed E-state index contributed by atoms with van der Waals surface area (Å²) >= 11 is 2.86. The molecular weight excluding hydrogens is 276 g/mol. The van der Waals surface area contributed by atoms with Gasteiger partial charge >= 0.3 is 0 Å². The maximum absolute atomic E-state index is 13.4. The highest BCUT2D eigenvalue weighted by atomic mass is 79.9. The molecule has 0 unspecified atom stereocenters. The Morgan fingerprint density at radius 3 is 2.06 bits per heavy atom.